The van der Waals surface area contributed by atoms with Crippen LogP contribution in [0.3, 0.4) is 0 Å². The van der Waals surface area contributed by atoms with Gasteiger partial charge < -0.3 is 14.8 Å². The van der Waals surface area contributed by atoms with Gasteiger partial charge in [-0.05, 0) is 85.5 Å². The van der Waals surface area contributed by atoms with Gasteiger partial charge in [0.25, 0.3) is 5.91 Å². The van der Waals surface area contributed by atoms with E-state index in [1.807, 2.05) is 18.2 Å². The quantitative estimate of drug-likeness (QED) is 0.321. The number of carbonyl (C=O) groups is 1. The number of fused-ring (bicyclic) bond motifs is 1. The van der Waals surface area contributed by atoms with Crippen LogP contribution in [0.25, 0.3) is 0 Å². The standard InChI is InChI=1S/C30H33FN2O3S/c1-35-26-17-21(13-16-25(26)36-19-20-11-14-22(31)15-12-20)18-32-30-28(24-9-5-6-10-27(24)37-30)29(34)33-23-7-3-2-4-8-23/h11-18,23H,2-10,19H2,1H3,(H,33,34). The zero-order valence-corrected chi connectivity index (χ0v) is 22.0. The highest BCUT2D eigenvalue weighted by molar-refractivity contribution is 7.16. The fourth-order valence-corrected chi connectivity index (χ4v) is 6.37. The van der Waals surface area contributed by atoms with Crippen molar-refractivity contribution in [2.45, 2.75) is 70.4 Å². The van der Waals surface area contributed by atoms with Crippen LogP contribution in [0, 0.1) is 5.82 Å². The Labute approximate surface area is 221 Å². The van der Waals surface area contributed by atoms with E-state index in [4.69, 9.17) is 14.5 Å². The molecule has 0 bridgehead atoms. The van der Waals surface area contributed by atoms with E-state index in [-0.39, 0.29) is 17.8 Å². The molecule has 194 valence electrons. The second-order valence-corrected chi connectivity index (χ2v) is 10.9. The normalized spacial score (nSPS) is 15.9. The molecular formula is C30H33FN2O3S. The number of nitrogens with zero attached hydrogens (tertiary/aromatic N) is 1. The number of carbonyl (C=O) groups excluding carboxylic acids is 1. The van der Waals surface area contributed by atoms with E-state index in [9.17, 15) is 9.18 Å². The molecule has 2 aliphatic rings. The van der Waals surface area contributed by atoms with Gasteiger partial charge in [-0.3, -0.25) is 4.79 Å². The zero-order chi connectivity index (χ0) is 25.6. The molecule has 1 saturated carbocycles. The minimum Gasteiger partial charge on any atom is -0.493 e. The van der Waals surface area contributed by atoms with Crippen LogP contribution in [0.4, 0.5) is 9.39 Å². The van der Waals surface area contributed by atoms with Crippen molar-refractivity contribution in [3.05, 3.63) is 75.4 Å². The topological polar surface area (TPSA) is 59.9 Å². The zero-order valence-electron chi connectivity index (χ0n) is 21.2. The van der Waals surface area contributed by atoms with Gasteiger partial charge in [-0.25, -0.2) is 9.38 Å². The summed E-state index contributed by atoms with van der Waals surface area (Å²) >= 11 is 1.65. The van der Waals surface area contributed by atoms with Crippen LogP contribution >= 0.6 is 11.3 Å². The highest BCUT2D eigenvalue weighted by Gasteiger charge is 2.27. The smallest absolute Gasteiger partial charge is 0.254 e. The van der Waals surface area contributed by atoms with E-state index in [1.54, 1.807) is 36.8 Å². The van der Waals surface area contributed by atoms with Gasteiger partial charge in [0.15, 0.2) is 11.5 Å². The summed E-state index contributed by atoms with van der Waals surface area (Å²) in [7, 11) is 1.60. The lowest BCUT2D eigenvalue weighted by Gasteiger charge is -2.23. The summed E-state index contributed by atoms with van der Waals surface area (Å²) in [5, 5.41) is 4.09. The number of rotatable bonds is 8. The molecule has 2 aromatic carbocycles. The maximum Gasteiger partial charge on any atom is 0.254 e. The fraction of sp³-hybridized carbons (Fsp3) is 0.400. The first kappa shape index (κ1) is 25.5. The van der Waals surface area contributed by atoms with E-state index >= 15 is 0 Å². The molecule has 0 saturated heterocycles. The molecule has 5 nitrogen and oxygen atoms in total. The van der Waals surface area contributed by atoms with Crippen molar-refractivity contribution >= 4 is 28.5 Å². The summed E-state index contributed by atoms with van der Waals surface area (Å²) < 4.78 is 24.6. The number of thiophene rings is 1. The lowest BCUT2D eigenvalue weighted by molar-refractivity contribution is 0.0927. The molecule has 7 heteroatoms. The Morgan fingerprint density at radius 3 is 2.62 bits per heavy atom. The molecule has 0 unspecified atom stereocenters. The molecule has 3 aromatic rings. The van der Waals surface area contributed by atoms with Gasteiger partial charge in [0.05, 0.1) is 12.7 Å². The maximum atomic E-state index is 13.4. The molecule has 1 amide bonds. The summed E-state index contributed by atoms with van der Waals surface area (Å²) in [6.07, 6.45) is 11.8. The first-order chi connectivity index (χ1) is 18.1. The Hall–Kier alpha value is -3.19. The predicted octanol–water partition coefficient (Wildman–Crippen LogP) is 7.17. The molecule has 1 aromatic heterocycles. The number of nitrogens with one attached hydrogen (secondary N) is 1. The van der Waals surface area contributed by atoms with Gasteiger partial charge in [-0.2, -0.15) is 0 Å². The monoisotopic (exact) mass is 520 g/mol. The van der Waals surface area contributed by atoms with E-state index in [1.165, 1.54) is 41.8 Å². The Balaban J connectivity index is 1.34. The average molecular weight is 521 g/mol. The SMILES string of the molecule is COc1cc(C=Nc2sc3c(c2C(=O)NC2CCCCC2)CCCC3)ccc1OCc1ccc(F)cc1. The highest BCUT2D eigenvalue weighted by Crippen LogP contribution is 2.40. The molecule has 37 heavy (non-hydrogen) atoms. The van der Waals surface area contributed by atoms with Crippen molar-refractivity contribution in [2.24, 2.45) is 4.99 Å². The Morgan fingerprint density at radius 1 is 1.05 bits per heavy atom. The number of ether oxygens (including phenoxy) is 2. The molecule has 1 N–H and O–H groups in total. The van der Waals surface area contributed by atoms with Crippen LogP contribution in [-0.4, -0.2) is 25.3 Å². The number of halogens is 1. The first-order valence-electron chi connectivity index (χ1n) is 13.2. The molecule has 0 aliphatic heterocycles. The molecule has 0 atom stereocenters. The van der Waals surface area contributed by atoms with Crippen LogP contribution < -0.4 is 14.8 Å². The van der Waals surface area contributed by atoms with Crippen LogP contribution in [0.5, 0.6) is 11.5 Å². The molecular weight excluding hydrogens is 487 g/mol. The van der Waals surface area contributed by atoms with E-state index in [0.717, 1.165) is 60.2 Å². The second kappa shape index (κ2) is 11.9. The molecule has 2 aliphatic carbocycles. The number of benzene rings is 2. The van der Waals surface area contributed by atoms with E-state index in [0.29, 0.717) is 18.1 Å². The lowest BCUT2D eigenvalue weighted by Crippen LogP contribution is -2.36. The van der Waals surface area contributed by atoms with Gasteiger partial charge in [-0.15, -0.1) is 11.3 Å². The Kier molecular flexibility index (Phi) is 8.19. The third kappa shape index (κ3) is 6.21. The van der Waals surface area contributed by atoms with Crippen molar-refractivity contribution in [3.8, 4) is 11.5 Å². The van der Waals surface area contributed by atoms with Gasteiger partial charge >= 0.3 is 0 Å². The molecule has 1 heterocycles. The van der Waals surface area contributed by atoms with Gasteiger partial charge in [0, 0.05) is 17.1 Å². The highest BCUT2D eigenvalue weighted by atomic mass is 32.1. The van der Waals surface area contributed by atoms with Gasteiger partial charge in [0.1, 0.15) is 17.4 Å². The predicted molar refractivity (Wildman–Crippen MR) is 146 cm³/mol. The number of amides is 1. The maximum absolute atomic E-state index is 13.4. The third-order valence-corrected chi connectivity index (χ3v) is 8.35. The molecule has 0 spiro atoms. The molecule has 1 fully saturated rings. The summed E-state index contributed by atoms with van der Waals surface area (Å²) in [6.45, 7) is 0.310. The van der Waals surface area contributed by atoms with Crippen LogP contribution in [-0.2, 0) is 19.4 Å². The van der Waals surface area contributed by atoms with Crippen molar-refractivity contribution < 1.29 is 18.7 Å². The Bertz CT molecular complexity index is 1260. The van der Waals surface area contributed by atoms with Crippen molar-refractivity contribution in [1.29, 1.82) is 0 Å². The lowest BCUT2D eigenvalue weighted by atomic mass is 9.93. The molecule has 5 rings (SSSR count). The minimum absolute atomic E-state index is 0.0283. The van der Waals surface area contributed by atoms with Crippen LogP contribution in [0.15, 0.2) is 47.5 Å². The number of aliphatic imine (C=N–C) groups is 1. The van der Waals surface area contributed by atoms with E-state index in [2.05, 4.69) is 5.32 Å². The summed E-state index contributed by atoms with van der Waals surface area (Å²) in [4.78, 5) is 19.5. The van der Waals surface area contributed by atoms with Crippen LogP contribution in [0.2, 0.25) is 0 Å². The van der Waals surface area contributed by atoms with Gasteiger partial charge in [-0.1, -0.05) is 31.4 Å². The van der Waals surface area contributed by atoms with Gasteiger partial charge in [0.2, 0.25) is 0 Å². The minimum atomic E-state index is -0.272. The number of hydrogen-bond donors (Lipinski definition) is 1. The number of methoxy groups -OCH3 is 1. The molecule has 0 radical (unpaired) electrons. The van der Waals surface area contributed by atoms with Crippen LogP contribution in [0.1, 0.15) is 76.9 Å². The Morgan fingerprint density at radius 2 is 1.84 bits per heavy atom. The first-order valence-corrected chi connectivity index (χ1v) is 14.0. The number of aryl methyl sites for hydroxylation is 1. The van der Waals surface area contributed by atoms with Crippen molar-refractivity contribution in [3.63, 3.8) is 0 Å². The third-order valence-electron chi connectivity index (χ3n) is 7.15. The largest absolute Gasteiger partial charge is 0.493 e. The van der Waals surface area contributed by atoms with E-state index < -0.39 is 0 Å². The summed E-state index contributed by atoms with van der Waals surface area (Å²) in [6, 6.07) is 12.1. The summed E-state index contributed by atoms with van der Waals surface area (Å²) in [5.74, 6) is 0.946. The fourth-order valence-electron chi connectivity index (χ4n) is 5.14. The number of hydrogen-bond acceptors (Lipinski definition) is 5. The second-order valence-electron chi connectivity index (χ2n) is 9.78. The average Bonchev–Trinajstić information content (AvgIpc) is 3.31. The van der Waals surface area contributed by atoms with Crippen molar-refractivity contribution in [1.82, 2.24) is 5.32 Å². The van der Waals surface area contributed by atoms with Crippen molar-refractivity contribution in [2.75, 3.05) is 7.11 Å². The summed E-state index contributed by atoms with van der Waals surface area (Å²) in [5.41, 5.74) is 3.69.